The number of aliphatic hydroxyl groups excluding tert-OH is 1. The lowest BCUT2D eigenvalue weighted by atomic mass is 9.98. The lowest BCUT2D eigenvalue weighted by molar-refractivity contribution is -0.0339. The van der Waals surface area contributed by atoms with Crippen molar-refractivity contribution in [3.05, 3.63) is 69.7 Å². The number of halogens is 2. The molecule has 112 valence electrons. The van der Waals surface area contributed by atoms with Crippen molar-refractivity contribution < 1.29 is 9.84 Å². The summed E-state index contributed by atoms with van der Waals surface area (Å²) in [5, 5.41) is 11.7. The van der Waals surface area contributed by atoms with Crippen LogP contribution in [0.4, 0.5) is 0 Å². The molecule has 0 aromatic heterocycles. The fourth-order valence-corrected chi connectivity index (χ4v) is 2.67. The topological polar surface area (TPSA) is 29.5 Å². The minimum absolute atomic E-state index is 0.383. The number of aliphatic hydroxyl groups is 1. The molecule has 0 saturated heterocycles. The monoisotopic (exact) mass is 324 g/mol. The van der Waals surface area contributed by atoms with Gasteiger partial charge in [0.05, 0.1) is 6.10 Å². The molecular weight excluding hydrogens is 307 g/mol. The highest BCUT2D eigenvalue weighted by Crippen LogP contribution is 2.27. The van der Waals surface area contributed by atoms with Crippen LogP contribution in [0.5, 0.6) is 0 Å². The van der Waals surface area contributed by atoms with E-state index in [-0.39, 0.29) is 6.10 Å². The third kappa shape index (κ3) is 4.45. The van der Waals surface area contributed by atoms with Crippen molar-refractivity contribution in [3.63, 3.8) is 0 Å². The van der Waals surface area contributed by atoms with E-state index < -0.39 is 6.10 Å². The molecule has 2 aromatic carbocycles. The van der Waals surface area contributed by atoms with Gasteiger partial charge in [0.2, 0.25) is 0 Å². The van der Waals surface area contributed by atoms with Gasteiger partial charge in [-0.05, 0) is 36.2 Å². The van der Waals surface area contributed by atoms with E-state index in [0.29, 0.717) is 23.1 Å². The molecule has 0 spiro atoms. The maximum Gasteiger partial charge on any atom is 0.109 e. The maximum atomic E-state index is 10.5. The van der Waals surface area contributed by atoms with Crippen LogP contribution in [0.2, 0.25) is 10.0 Å². The van der Waals surface area contributed by atoms with Crippen LogP contribution in [-0.4, -0.2) is 17.8 Å². The average Bonchev–Trinajstić information content (AvgIpc) is 2.49. The van der Waals surface area contributed by atoms with Crippen molar-refractivity contribution in [2.75, 3.05) is 6.61 Å². The molecule has 2 atom stereocenters. The van der Waals surface area contributed by atoms with Crippen LogP contribution >= 0.6 is 23.2 Å². The smallest absolute Gasteiger partial charge is 0.109 e. The van der Waals surface area contributed by atoms with Crippen molar-refractivity contribution in [2.24, 2.45) is 0 Å². The van der Waals surface area contributed by atoms with Crippen LogP contribution in [0.25, 0.3) is 0 Å². The van der Waals surface area contributed by atoms with Crippen molar-refractivity contribution in [1.82, 2.24) is 0 Å². The summed E-state index contributed by atoms with van der Waals surface area (Å²) in [6.45, 7) is 2.44. The van der Waals surface area contributed by atoms with Gasteiger partial charge in [0, 0.05) is 23.1 Å². The Morgan fingerprint density at radius 1 is 1.10 bits per heavy atom. The van der Waals surface area contributed by atoms with Crippen LogP contribution in [0.15, 0.2) is 48.5 Å². The molecule has 0 radical (unpaired) electrons. The molecule has 2 rings (SSSR count). The fraction of sp³-hybridized carbons (Fsp3) is 0.294. The van der Waals surface area contributed by atoms with Gasteiger partial charge in [0.15, 0.2) is 0 Å². The third-order valence-electron chi connectivity index (χ3n) is 3.26. The van der Waals surface area contributed by atoms with E-state index in [4.69, 9.17) is 27.9 Å². The van der Waals surface area contributed by atoms with Crippen molar-refractivity contribution in [2.45, 2.75) is 25.6 Å². The highest BCUT2D eigenvalue weighted by atomic mass is 35.5. The number of rotatable bonds is 6. The molecule has 0 saturated carbocycles. The van der Waals surface area contributed by atoms with Crippen molar-refractivity contribution >= 4 is 23.2 Å². The third-order valence-corrected chi connectivity index (χ3v) is 3.86. The van der Waals surface area contributed by atoms with Gasteiger partial charge in [-0.25, -0.2) is 0 Å². The predicted octanol–water partition coefficient (Wildman–Crippen LogP) is 4.67. The molecule has 1 N–H and O–H groups in total. The largest absolute Gasteiger partial charge is 0.390 e. The van der Waals surface area contributed by atoms with Gasteiger partial charge in [-0.1, -0.05) is 53.5 Å². The second-order valence-corrected chi connectivity index (χ2v) is 5.64. The summed E-state index contributed by atoms with van der Waals surface area (Å²) in [4.78, 5) is 0. The molecule has 0 bridgehead atoms. The Kier molecular flexibility index (Phi) is 6.07. The molecule has 4 heteroatoms. The second kappa shape index (κ2) is 7.81. The molecule has 0 aliphatic carbocycles. The van der Waals surface area contributed by atoms with Gasteiger partial charge in [-0.3, -0.25) is 0 Å². The Hall–Kier alpha value is -1.06. The highest BCUT2D eigenvalue weighted by molar-refractivity contribution is 6.33. The van der Waals surface area contributed by atoms with Gasteiger partial charge in [-0.2, -0.15) is 0 Å². The summed E-state index contributed by atoms with van der Waals surface area (Å²) < 4.78 is 5.71. The van der Waals surface area contributed by atoms with Crippen LogP contribution in [0.1, 0.15) is 24.2 Å². The standard InChI is InChI=1S/C17H18Cl2O2/c1-2-21-17(12-6-4-3-5-7-12)16(20)11-13-10-14(18)8-9-15(13)19/h3-10,16-17,20H,2,11H2,1H3. The Morgan fingerprint density at radius 3 is 2.48 bits per heavy atom. The highest BCUT2D eigenvalue weighted by Gasteiger charge is 2.22. The SMILES string of the molecule is CCOC(c1ccccc1)C(O)Cc1cc(Cl)ccc1Cl. The Labute approximate surface area is 135 Å². The molecule has 0 heterocycles. The molecule has 0 aliphatic rings. The quantitative estimate of drug-likeness (QED) is 0.836. The number of hydrogen-bond donors (Lipinski definition) is 1. The Balaban J connectivity index is 2.19. The lowest BCUT2D eigenvalue weighted by Gasteiger charge is -2.24. The first kappa shape index (κ1) is 16.3. The lowest BCUT2D eigenvalue weighted by Crippen LogP contribution is -2.24. The van der Waals surface area contributed by atoms with E-state index in [0.717, 1.165) is 11.1 Å². The summed E-state index contributed by atoms with van der Waals surface area (Å²) in [6, 6.07) is 14.9. The Bertz CT molecular complexity index is 572. The fourth-order valence-electron chi connectivity index (χ4n) is 2.28. The summed E-state index contributed by atoms with van der Waals surface area (Å²) in [5.74, 6) is 0. The zero-order chi connectivity index (χ0) is 15.2. The van der Waals surface area contributed by atoms with Gasteiger partial charge in [0.1, 0.15) is 6.10 Å². The molecule has 0 fully saturated rings. The van der Waals surface area contributed by atoms with Crippen LogP contribution in [-0.2, 0) is 11.2 Å². The molecule has 2 unspecified atom stereocenters. The average molecular weight is 325 g/mol. The second-order valence-electron chi connectivity index (χ2n) is 4.79. The van der Waals surface area contributed by atoms with Gasteiger partial charge < -0.3 is 9.84 Å². The first-order valence-electron chi connectivity index (χ1n) is 6.90. The normalized spacial score (nSPS) is 13.9. The summed E-state index contributed by atoms with van der Waals surface area (Å²) >= 11 is 12.1. The van der Waals surface area contributed by atoms with E-state index in [9.17, 15) is 5.11 Å². The predicted molar refractivity (Wildman–Crippen MR) is 87.0 cm³/mol. The van der Waals surface area contributed by atoms with E-state index in [1.54, 1.807) is 18.2 Å². The summed E-state index contributed by atoms with van der Waals surface area (Å²) in [7, 11) is 0. The van der Waals surface area contributed by atoms with Crippen molar-refractivity contribution in [1.29, 1.82) is 0 Å². The van der Waals surface area contributed by atoms with E-state index >= 15 is 0 Å². The first-order valence-corrected chi connectivity index (χ1v) is 7.66. The molecule has 2 nitrogen and oxygen atoms in total. The minimum Gasteiger partial charge on any atom is -0.390 e. The van der Waals surface area contributed by atoms with Gasteiger partial charge in [0.25, 0.3) is 0 Å². The molecule has 21 heavy (non-hydrogen) atoms. The summed E-state index contributed by atoms with van der Waals surface area (Å²) in [6.07, 6.45) is -0.687. The van der Waals surface area contributed by atoms with Crippen molar-refractivity contribution in [3.8, 4) is 0 Å². The number of benzene rings is 2. The molecule has 0 amide bonds. The summed E-state index contributed by atoms with van der Waals surface area (Å²) in [5.41, 5.74) is 1.77. The number of ether oxygens (including phenoxy) is 1. The minimum atomic E-state index is -0.691. The van der Waals surface area contributed by atoms with E-state index in [1.807, 2.05) is 37.3 Å². The van der Waals surface area contributed by atoms with Gasteiger partial charge >= 0.3 is 0 Å². The van der Waals surface area contributed by atoms with Crippen LogP contribution in [0, 0.1) is 0 Å². The van der Waals surface area contributed by atoms with Crippen LogP contribution < -0.4 is 0 Å². The zero-order valence-corrected chi connectivity index (χ0v) is 13.3. The Morgan fingerprint density at radius 2 is 1.81 bits per heavy atom. The van der Waals surface area contributed by atoms with Crippen LogP contribution in [0.3, 0.4) is 0 Å². The van der Waals surface area contributed by atoms with E-state index in [1.165, 1.54) is 0 Å². The van der Waals surface area contributed by atoms with Gasteiger partial charge in [-0.15, -0.1) is 0 Å². The van der Waals surface area contributed by atoms with E-state index in [2.05, 4.69) is 0 Å². The number of hydrogen-bond acceptors (Lipinski definition) is 2. The molecule has 0 aliphatic heterocycles. The maximum absolute atomic E-state index is 10.5. The first-order chi connectivity index (χ1) is 10.1. The molecular formula is C17H18Cl2O2. The zero-order valence-electron chi connectivity index (χ0n) is 11.8. The molecule has 2 aromatic rings.